The molecule has 1 aliphatic heterocycles. The molecule has 1 aliphatic rings. The SMILES string of the molecule is CCC(CCCN1CCN(c2ccc(-c3ccccn3)cc2)CC1)(C(=O)OC)c1ccccc1. The predicted molar refractivity (Wildman–Crippen MR) is 138 cm³/mol. The summed E-state index contributed by atoms with van der Waals surface area (Å²) in [5, 5.41) is 0. The zero-order chi connectivity index (χ0) is 23.8. The number of methoxy groups -OCH3 is 1. The van der Waals surface area contributed by atoms with Crippen molar-refractivity contribution >= 4 is 11.7 Å². The Morgan fingerprint density at radius 2 is 1.65 bits per heavy atom. The maximum absolute atomic E-state index is 12.8. The van der Waals surface area contributed by atoms with Gasteiger partial charge in [-0.15, -0.1) is 0 Å². The van der Waals surface area contributed by atoms with Gasteiger partial charge in [0, 0.05) is 43.6 Å². The van der Waals surface area contributed by atoms with Gasteiger partial charge in [-0.05, 0) is 55.6 Å². The van der Waals surface area contributed by atoms with E-state index in [1.54, 1.807) is 0 Å². The standard InChI is InChI=1S/C29H35N3O2/c1-3-29(28(33)34-2,25-10-5-4-6-11-25)17-9-19-31-20-22-32(23-21-31)26-15-13-24(14-16-26)27-12-7-8-18-30-27/h4-8,10-16,18H,3,9,17,19-23H2,1-2H3. The molecule has 0 N–H and O–H groups in total. The molecular formula is C29H35N3O2. The van der Waals surface area contributed by atoms with Crippen LogP contribution in [0.1, 0.15) is 31.7 Å². The van der Waals surface area contributed by atoms with Crippen LogP contribution in [-0.4, -0.2) is 55.7 Å². The van der Waals surface area contributed by atoms with Gasteiger partial charge in [-0.1, -0.05) is 55.5 Å². The van der Waals surface area contributed by atoms with E-state index in [-0.39, 0.29) is 5.97 Å². The summed E-state index contributed by atoms with van der Waals surface area (Å²) in [5.41, 5.74) is 3.91. The first-order valence-corrected chi connectivity index (χ1v) is 12.3. The Hall–Kier alpha value is -3.18. The van der Waals surface area contributed by atoms with Gasteiger partial charge >= 0.3 is 5.97 Å². The molecule has 1 unspecified atom stereocenters. The second-order valence-electron chi connectivity index (χ2n) is 8.99. The second kappa shape index (κ2) is 11.3. The molecule has 1 fully saturated rings. The maximum Gasteiger partial charge on any atom is 0.316 e. The van der Waals surface area contributed by atoms with Gasteiger partial charge in [0.05, 0.1) is 18.2 Å². The number of hydrogen-bond donors (Lipinski definition) is 0. The van der Waals surface area contributed by atoms with Crippen LogP contribution in [0.15, 0.2) is 79.0 Å². The summed E-state index contributed by atoms with van der Waals surface area (Å²) in [5.74, 6) is -0.125. The van der Waals surface area contributed by atoms with Crippen molar-refractivity contribution in [2.75, 3.05) is 44.7 Å². The fraction of sp³-hybridized carbons (Fsp3) is 0.379. The number of rotatable bonds is 9. The third kappa shape index (κ3) is 5.31. The topological polar surface area (TPSA) is 45.7 Å². The Labute approximate surface area is 203 Å². The van der Waals surface area contributed by atoms with Crippen LogP contribution in [0.5, 0.6) is 0 Å². The van der Waals surface area contributed by atoms with Gasteiger partial charge in [-0.2, -0.15) is 0 Å². The average molecular weight is 458 g/mol. The quantitative estimate of drug-likeness (QED) is 0.415. The molecule has 5 heteroatoms. The van der Waals surface area contributed by atoms with E-state index in [0.717, 1.165) is 68.8 Å². The fourth-order valence-corrected chi connectivity index (χ4v) is 5.05. The fourth-order valence-electron chi connectivity index (χ4n) is 5.05. The molecule has 1 aromatic heterocycles. The molecule has 0 radical (unpaired) electrons. The van der Waals surface area contributed by atoms with Crippen LogP contribution in [0.2, 0.25) is 0 Å². The Morgan fingerprint density at radius 1 is 0.941 bits per heavy atom. The summed E-state index contributed by atoms with van der Waals surface area (Å²) in [6.07, 6.45) is 4.34. The summed E-state index contributed by atoms with van der Waals surface area (Å²) < 4.78 is 5.24. The summed E-state index contributed by atoms with van der Waals surface area (Å²) >= 11 is 0. The Morgan fingerprint density at radius 3 is 2.26 bits per heavy atom. The number of hydrogen-bond acceptors (Lipinski definition) is 5. The molecular weight excluding hydrogens is 422 g/mol. The highest BCUT2D eigenvalue weighted by Crippen LogP contribution is 2.34. The number of pyridine rings is 1. The minimum Gasteiger partial charge on any atom is -0.468 e. The highest BCUT2D eigenvalue weighted by atomic mass is 16.5. The van der Waals surface area contributed by atoms with E-state index < -0.39 is 5.41 Å². The summed E-state index contributed by atoms with van der Waals surface area (Å²) in [7, 11) is 1.50. The van der Waals surface area contributed by atoms with Crippen LogP contribution in [0.25, 0.3) is 11.3 Å². The lowest BCUT2D eigenvalue weighted by Gasteiger charge is -2.37. The Bertz CT molecular complexity index is 1030. The molecule has 2 aromatic carbocycles. The second-order valence-corrected chi connectivity index (χ2v) is 8.99. The number of benzene rings is 2. The van der Waals surface area contributed by atoms with Gasteiger partial charge in [-0.25, -0.2) is 0 Å². The molecule has 2 heterocycles. The molecule has 1 atom stereocenters. The maximum atomic E-state index is 12.8. The van der Waals surface area contributed by atoms with Gasteiger partial charge in [0.1, 0.15) is 0 Å². The van der Waals surface area contributed by atoms with Crippen molar-refractivity contribution in [2.24, 2.45) is 0 Å². The molecule has 0 bridgehead atoms. The number of aromatic nitrogens is 1. The molecule has 0 amide bonds. The lowest BCUT2D eigenvalue weighted by atomic mass is 9.74. The number of anilines is 1. The van der Waals surface area contributed by atoms with Crippen molar-refractivity contribution in [3.8, 4) is 11.3 Å². The van der Waals surface area contributed by atoms with E-state index in [0.29, 0.717) is 0 Å². The van der Waals surface area contributed by atoms with Crippen molar-refractivity contribution in [3.63, 3.8) is 0 Å². The first-order valence-electron chi connectivity index (χ1n) is 12.3. The lowest BCUT2D eigenvalue weighted by Crippen LogP contribution is -2.47. The average Bonchev–Trinajstić information content (AvgIpc) is 2.92. The van der Waals surface area contributed by atoms with Crippen LogP contribution in [0, 0.1) is 0 Å². The molecule has 0 spiro atoms. The van der Waals surface area contributed by atoms with Crippen LogP contribution < -0.4 is 4.90 Å². The summed E-state index contributed by atoms with van der Waals surface area (Å²) in [6, 6.07) is 24.8. The van der Waals surface area contributed by atoms with E-state index >= 15 is 0 Å². The number of carbonyl (C=O) groups excluding carboxylic acids is 1. The largest absolute Gasteiger partial charge is 0.468 e. The molecule has 0 saturated carbocycles. The highest BCUT2D eigenvalue weighted by Gasteiger charge is 2.39. The van der Waals surface area contributed by atoms with E-state index in [4.69, 9.17) is 4.74 Å². The van der Waals surface area contributed by atoms with Crippen LogP contribution in [0.4, 0.5) is 5.69 Å². The van der Waals surface area contributed by atoms with Gasteiger partial charge in [0.25, 0.3) is 0 Å². The van der Waals surface area contributed by atoms with Crippen LogP contribution >= 0.6 is 0 Å². The van der Waals surface area contributed by atoms with Gasteiger partial charge in [-0.3, -0.25) is 14.7 Å². The Kier molecular flexibility index (Phi) is 7.96. The van der Waals surface area contributed by atoms with Gasteiger partial charge < -0.3 is 9.64 Å². The molecule has 178 valence electrons. The molecule has 34 heavy (non-hydrogen) atoms. The number of carbonyl (C=O) groups is 1. The van der Waals surface area contributed by atoms with Gasteiger partial charge in [0.2, 0.25) is 0 Å². The van der Waals surface area contributed by atoms with Gasteiger partial charge in [0.15, 0.2) is 0 Å². The third-order valence-corrected chi connectivity index (χ3v) is 7.15. The number of piperazine rings is 1. The Balaban J connectivity index is 1.30. The van der Waals surface area contributed by atoms with E-state index in [1.807, 2.05) is 42.6 Å². The summed E-state index contributed by atoms with van der Waals surface area (Å²) in [4.78, 5) is 22.2. The molecule has 3 aromatic rings. The first-order chi connectivity index (χ1) is 16.7. The van der Waals surface area contributed by atoms with Crippen molar-refractivity contribution < 1.29 is 9.53 Å². The third-order valence-electron chi connectivity index (χ3n) is 7.15. The summed E-state index contributed by atoms with van der Waals surface area (Å²) in [6.45, 7) is 7.17. The lowest BCUT2D eigenvalue weighted by molar-refractivity contribution is -0.148. The van der Waals surface area contributed by atoms with Crippen molar-refractivity contribution in [2.45, 2.75) is 31.6 Å². The van der Waals surface area contributed by atoms with E-state index in [1.165, 1.54) is 12.8 Å². The smallest absolute Gasteiger partial charge is 0.316 e. The molecule has 0 aliphatic carbocycles. The first kappa shape index (κ1) is 24.0. The molecule has 4 rings (SSSR count). The monoisotopic (exact) mass is 457 g/mol. The van der Waals surface area contributed by atoms with Crippen LogP contribution in [-0.2, 0) is 14.9 Å². The highest BCUT2D eigenvalue weighted by molar-refractivity contribution is 5.83. The number of ether oxygens (including phenoxy) is 1. The molecule has 5 nitrogen and oxygen atoms in total. The van der Waals surface area contributed by atoms with E-state index in [2.05, 4.69) is 58.1 Å². The van der Waals surface area contributed by atoms with Crippen molar-refractivity contribution in [1.29, 1.82) is 0 Å². The van der Waals surface area contributed by atoms with Crippen LogP contribution in [0.3, 0.4) is 0 Å². The number of esters is 1. The van der Waals surface area contributed by atoms with Crippen molar-refractivity contribution in [3.05, 3.63) is 84.6 Å². The zero-order valence-electron chi connectivity index (χ0n) is 20.3. The molecule has 1 saturated heterocycles. The number of nitrogens with zero attached hydrogens (tertiary/aromatic N) is 3. The minimum atomic E-state index is -0.562. The van der Waals surface area contributed by atoms with Crippen molar-refractivity contribution in [1.82, 2.24) is 9.88 Å². The zero-order valence-corrected chi connectivity index (χ0v) is 20.3. The van der Waals surface area contributed by atoms with E-state index in [9.17, 15) is 4.79 Å². The minimum absolute atomic E-state index is 0.125. The predicted octanol–water partition coefficient (Wildman–Crippen LogP) is 5.17. The normalized spacial score (nSPS) is 16.1.